The quantitative estimate of drug-likeness (QED) is 0.466. The lowest BCUT2D eigenvalue weighted by Gasteiger charge is -2.12. The van der Waals surface area contributed by atoms with Crippen molar-refractivity contribution in [2.75, 3.05) is 12.4 Å². The zero-order valence-electron chi connectivity index (χ0n) is 16.9. The monoisotopic (exact) mass is 419 g/mol. The maximum absolute atomic E-state index is 12.5. The first-order valence-corrected chi connectivity index (χ1v) is 10.3. The average Bonchev–Trinajstić information content (AvgIpc) is 3.23. The Kier molecular flexibility index (Phi) is 5.67. The highest BCUT2D eigenvalue weighted by Crippen LogP contribution is 2.32. The number of nitrogens with zero attached hydrogens (tertiary/aromatic N) is 4. The fourth-order valence-electron chi connectivity index (χ4n) is 3.15. The molecule has 0 saturated heterocycles. The van der Waals surface area contributed by atoms with Crippen LogP contribution in [0.3, 0.4) is 0 Å². The Balaban J connectivity index is 1.54. The average molecular weight is 420 g/mol. The van der Waals surface area contributed by atoms with Crippen LogP contribution in [0.1, 0.15) is 28.5 Å². The summed E-state index contributed by atoms with van der Waals surface area (Å²) in [5.41, 5.74) is 3.37. The summed E-state index contributed by atoms with van der Waals surface area (Å²) in [5, 5.41) is 8.25. The van der Waals surface area contributed by atoms with E-state index in [4.69, 9.17) is 4.74 Å². The zero-order valence-corrected chi connectivity index (χ0v) is 17.7. The molecule has 1 amide bonds. The predicted octanol–water partition coefficient (Wildman–Crippen LogP) is 4.41. The molecule has 30 heavy (non-hydrogen) atoms. The lowest BCUT2D eigenvalue weighted by atomic mass is 10.2. The van der Waals surface area contributed by atoms with Gasteiger partial charge in [-0.1, -0.05) is 24.8 Å². The Morgan fingerprint density at radius 3 is 2.73 bits per heavy atom. The lowest BCUT2D eigenvalue weighted by Crippen LogP contribution is -2.11. The van der Waals surface area contributed by atoms with E-state index in [-0.39, 0.29) is 5.91 Å². The minimum Gasteiger partial charge on any atom is -0.497 e. The largest absolute Gasteiger partial charge is 0.497 e. The van der Waals surface area contributed by atoms with Gasteiger partial charge in [0.25, 0.3) is 11.7 Å². The van der Waals surface area contributed by atoms with E-state index < -0.39 is 0 Å². The topological polar surface area (TPSA) is 81.4 Å². The molecule has 4 aromatic rings. The van der Waals surface area contributed by atoms with Crippen LogP contribution < -0.4 is 10.1 Å². The molecule has 0 aliphatic carbocycles. The van der Waals surface area contributed by atoms with Gasteiger partial charge in [0.05, 0.1) is 7.11 Å². The van der Waals surface area contributed by atoms with Gasteiger partial charge in [-0.15, -0.1) is 0 Å². The molecule has 2 aromatic heterocycles. The van der Waals surface area contributed by atoms with Crippen molar-refractivity contribution < 1.29 is 9.53 Å². The number of ether oxygens (including phenoxy) is 1. The van der Waals surface area contributed by atoms with Crippen LogP contribution >= 0.6 is 11.8 Å². The maximum Gasteiger partial charge on any atom is 0.255 e. The molecular weight excluding hydrogens is 398 g/mol. The smallest absolute Gasteiger partial charge is 0.255 e. The number of anilines is 1. The van der Waals surface area contributed by atoms with Gasteiger partial charge in [-0.3, -0.25) is 4.79 Å². The number of carbonyl (C=O) groups excluding carboxylic acids is 1. The molecule has 0 bridgehead atoms. The van der Waals surface area contributed by atoms with E-state index in [0.29, 0.717) is 17.1 Å². The number of aryl methyl sites for hydroxylation is 1. The minimum atomic E-state index is -0.184. The van der Waals surface area contributed by atoms with E-state index in [1.165, 1.54) is 6.33 Å². The van der Waals surface area contributed by atoms with E-state index >= 15 is 0 Å². The molecule has 2 heterocycles. The Bertz CT molecular complexity index is 1200. The summed E-state index contributed by atoms with van der Waals surface area (Å²) in [6.45, 7) is 4.10. The van der Waals surface area contributed by atoms with Crippen molar-refractivity contribution in [3.8, 4) is 5.75 Å². The van der Waals surface area contributed by atoms with Crippen LogP contribution in [0.25, 0.3) is 5.78 Å². The molecule has 2 aromatic carbocycles. The number of methoxy groups -OCH3 is 1. The second-order valence-electron chi connectivity index (χ2n) is 6.62. The molecule has 7 nitrogen and oxygen atoms in total. The second kappa shape index (κ2) is 8.54. The molecule has 0 aliphatic rings. The Morgan fingerprint density at radius 1 is 1.20 bits per heavy atom. The fourth-order valence-corrected chi connectivity index (χ4v) is 4.28. The minimum absolute atomic E-state index is 0.184. The first-order chi connectivity index (χ1) is 14.6. The molecule has 0 unspecified atom stereocenters. The molecular formula is C22H21N5O2S. The van der Waals surface area contributed by atoms with Crippen LogP contribution in [0.5, 0.6) is 5.75 Å². The van der Waals surface area contributed by atoms with E-state index in [1.54, 1.807) is 47.7 Å². The number of hydrogen-bond donors (Lipinski definition) is 1. The Hall–Kier alpha value is -3.39. The SMILES string of the molecule is CCc1c(C)nc2ncnn2c1Sc1ccc(NC(=O)c2cccc(OC)c2)cc1. The first kappa shape index (κ1) is 19.9. The summed E-state index contributed by atoms with van der Waals surface area (Å²) < 4.78 is 6.95. The summed E-state index contributed by atoms with van der Waals surface area (Å²) in [6, 6.07) is 14.8. The second-order valence-corrected chi connectivity index (χ2v) is 7.68. The molecule has 1 N–H and O–H groups in total. The number of benzene rings is 2. The van der Waals surface area contributed by atoms with Gasteiger partial charge >= 0.3 is 0 Å². The van der Waals surface area contributed by atoms with Crippen LogP contribution in [0, 0.1) is 6.92 Å². The predicted molar refractivity (Wildman–Crippen MR) is 116 cm³/mol. The van der Waals surface area contributed by atoms with E-state index in [0.717, 1.165) is 33.3 Å². The van der Waals surface area contributed by atoms with Crippen molar-refractivity contribution >= 4 is 29.1 Å². The van der Waals surface area contributed by atoms with Crippen molar-refractivity contribution in [3.05, 3.63) is 71.7 Å². The molecule has 0 spiro atoms. The van der Waals surface area contributed by atoms with Crippen LogP contribution in [-0.4, -0.2) is 32.6 Å². The van der Waals surface area contributed by atoms with Crippen molar-refractivity contribution in [2.24, 2.45) is 0 Å². The first-order valence-electron chi connectivity index (χ1n) is 9.51. The number of rotatable bonds is 6. The van der Waals surface area contributed by atoms with Crippen LogP contribution in [0.4, 0.5) is 5.69 Å². The summed E-state index contributed by atoms with van der Waals surface area (Å²) >= 11 is 1.61. The Labute approximate surface area is 178 Å². The van der Waals surface area contributed by atoms with Gasteiger partial charge in [-0.25, -0.2) is 4.98 Å². The van der Waals surface area contributed by atoms with Crippen LogP contribution in [0.15, 0.2) is 64.8 Å². The number of carbonyl (C=O) groups is 1. The summed E-state index contributed by atoms with van der Waals surface area (Å²) in [5.74, 6) is 1.05. The number of amides is 1. The van der Waals surface area contributed by atoms with Gasteiger partial charge in [0, 0.05) is 27.4 Å². The number of nitrogens with one attached hydrogen (secondary N) is 1. The van der Waals surface area contributed by atoms with Gasteiger partial charge in [0.15, 0.2) is 0 Å². The molecule has 0 atom stereocenters. The third-order valence-electron chi connectivity index (χ3n) is 4.70. The standard InChI is InChI=1S/C22H21N5O2S/c1-4-19-14(2)25-22-23-13-24-27(22)21(19)30-18-10-8-16(9-11-18)26-20(28)15-6-5-7-17(12-15)29-3/h5-13H,4H2,1-3H3,(H,26,28). The highest BCUT2D eigenvalue weighted by molar-refractivity contribution is 7.99. The van der Waals surface area contributed by atoms with Gasteiger partial charge in [0.2, 0.25) is 0 Å². The van der Waals surface area contributed by atoms with E-state index in [2.05, 4.69) is 27.3 Å². The van der Waals surface area contributed by atoms with Gasteiger partial charge in [0.1, 0.15) is 17.1 Å². The molecule has 0 radical (unpaired) electrons. The molecule has 0 saturated carbocycles. The molecule has 152 valence electrons. The van der Waals surface area contributed by atoms with Crippen molar-refractivity contribution in [1.82, 2.24) is 19.6 Å². The van der Waals surface area contributed by atoms with Gasteiger partial charge < -0.3 is 10.1 Å². The molecule has 0 aliphatic heterocycles. The van der Waals surface area contributed by atoms with Gasteiger partial charge in [-0.05, 0) is 55.8 Å². The normalized spacial score (nSPS) is 10.9. The van der Waals surface area contributed by atoms with Crippen LogP contribution in [-0.2, 0) is 6.42 Å². The van der Waals surface area contributed by atoms with Crippen molar-refractivity contribution in [2.45, 2.75) is 30.2 Å². The highest BCUT2D eigenvalue weighted by Gasteiger charge is 2.15. The summed E-state index contributed by atoms with van der Waals surface area (Å²) in [6.07, 6.45) is 2.37. The number of fused-ring (bicyclic) bond motifs is 1. The van der Waals surface area contributed by atoms with Crippen molar-refractivity contribution in [1.29, 1.82) is 0 Å². The molecule has 4 rings (SSSR count). The number of aromatic nitrogens is 4. The maximum atomic E-state index is 12.5. The fraction of sp³-hybridized carbons (Fsp3) is 0.182. The summed E-state index contributed by atoms with van der Waals surface area (Å²) in [4.78, 5) is 22.3. The van der Waals surface area contributed by atoms with Gasteiger partial charge in [-0.2, -0.15) is 14.6 Å². The lowest BCUT2D eigenvalue weighted by molar-refractivity contribution is 0.102. The van der Waals surface area contributed by atoms with E-state index in [1.807, 2.05) is 31.2 Å². The zero-order chi connectivity index (χ0) is 21.1. The summed E-state index contributed by atoms with van der Waals surface area (Å²) in [7, 11) is 1.58. The van der Waals surface area contributed by atoms with Crippen LogP contribution in [0.2, 0.25) is 0 Å². The van der Waals surface area contributed by atoms with Crippen molar-refractivity contribution in [3.63, 3.8) is 0 Å². The highest BCUT2D eigenvalue weighted by atomic mass is 32.2. The Morgan fingerprint density at radius 2 is 2.00 bits per heavy atom. The third-order valence-corrected chi connectivity index (χ3v) is 5.82. The molecule has 8 heteroatoms. The third kappa shape index (κ3) is 3.99. The molecule has 0 fully saturated rings. The van der Waals surface area contributed by atoms with E-state index in [9.17, 15) is 4.79 Å². The number of hydrogen-bond acceptors (Lipinski definition) is 6.